The first-order valence-electron chi connectivity index (χ1n) is 3.39. The van der Waals surface area contributed by atoms with Crippen LogP contribution in [-0.4, -0.2) is 0 Å². The molecule has 1 fully saturated rings. The van der Waals surface area contributed by atoms with Crippen LogP contribution in [0.25, 0.3) is 0 Å². The summed E-state index contributed by atoms with van der Waals surface area (Å²) in [5, 5.41) is 0. The maximum absolute atomic E-state index is 5.61. The van der Waals surface area contributed by atoms with E-state index in [1.807, 2.05) is 0 Å². The summed E-state index contributed by atoms with van der Waals surface area (Å²) in [7, 11) is 0. The van der Waals surface area contributed by atoms with E-state index >= 15 is 0 Å². The van der Waals surface area contributed by atoms with Crippen molar-refractivity contribution in [1.29, 1.82) is 0 Å². The number of hydrogen-bond acceptors (Lipinski definition) is 0. The molecule has 1 aliphatic carbocycles. The second-order valence-corrected chi connectivity index (χ2v) is 2.84. The smallest absolute Gasteiger partial charge is 0 e. The number of hydrogen-bond donors (Lipinski definition) is 0. The van der Waals surface area contributed by atoms with Crippen molar-refractivity contribution in [3.63, 3.8) is 0 Å². The van der Waals surface area contributed by atoms with Crippen molar-refractivity contribution in [3.8, 4) is 0 Å². The molecule has 0 atom stereocenters. The molecule has 0 aromatic heterocycles. The van der Waals surface area contributed by atoms with Gasteiger partial charge in [0.05, 0.1) is 0 Å². The Hall–Kier alpha value is 0.259. The van der Waals surface area contributed by atoms with Crippen LogP contribution < -0.4 is 0 Å². The zero-order valence-corrected chi connectivity index (χ0v) is 6.73. The average molecular weight is 173 g/mol. The van der Waals surface area contributed by atoms with Crippen molar-refractivity contribution in [2.75, 3.05) is 0 Å². The van der Waals surface area contributed by atoms with Gasteiger partial charge in [-0.05, 0) is 31.6 Å². The van der Waals surface area contributed by atoms with E-state index < -0.39 is 0 Å². The van der Waals surface area contributed by atoms with Crippen molar-refractivity contribution in [3.05, 3.63) is 12.2 Å². The Bertz CT molecular complexity index is 86.7. The third-order valence-electron chi connectivity index (χ3n) is 1.92. The first-order valence-corrected chi connectivity index (χ1v) is 3.39. The first-order chi connectivity index (χ1) is 3.79. The molecule has 0 unspecified atom stereocenters. The molecule has 1 rings (SSSR count). The van der Waals surface area contributed by atoms with Gasteiger partial charge in [-0.1, -0.05) is 19.1 Å². The molecule has 0 aliphatic heterocycles. The van der Waals surface area contributed by atoms with Crippen LogP contribution in [0, 0.1) is 12.5 Å². The molecule has 0 aromatic rings. The molecule has 0 saturated heterocycles. The molecule has 9 heavy (non-hydrogen) atoms. The zero-order valence-electron chi connectivity index (χ0n) is 5.78. The largest absolute Gasteiger partial charge is 0.0702 e. The van der Waals surface area contributed by atoms with Crippen LogP contribution in [0.3, 0.4) is 0 Å². The molecule has 1 saturated carbocycles. The van der Waals surface area contributed by atoms with E-state index in [0.717, 1.165) is 5.92 Å². The van der Waals surface area contributed by atoms with Gasteiger partial charge >= 0.3 is 0 Å². The third kappa shape index (κ3) is 3.07. The maximum Gasteiger partial charge on any atom is 0 e. The normalized spacial score (nSPS) is 27.2. The first kappa shape index (κ1) is 9.26. The van der Waals surface area contributed by atoms with E-state index in [1.165, 1.54) is 31.3 Å². The fourth-order valence-electron chi connectivity index (χ4n) is 1.13. The molecule has 56 valence electrons. The number of rotatable bonds is 0. The van der Waals surface area contributed by atoms with Crippen LogP contribution in [0.4, 0.5) is 0 Å². The minimum absolute atomic E-state index is 0. The molecule has 0 bridgehead atoms. The monoisotopic (exact) mass is 172 g/mol. The topological polar surface area (TPSA) is 0 Å². The van der Waals surface area contributed by atoms with Gasteiger partial charge in [-0.25, -0.2) is 0 Å². The minimum Gasteiger partial charge on any atom is -0.0702 e. The second kappa shape index (κ2) is 4.14. The van der Waals surface area contributed by atoms with Crippen molar-refractivity contribution < 1.29 is 17.1 Å². The third-order valence-corrected chi connectivity index (χ3v) is 1.92. The van der Waals surface area contributed by atoms with Gasteiger partial charge in [0.2, 0.25) is 0 Å². The van der Waals surface area contributed by atoms with Gasteiger partial charge in [0, 0.05) is 17.1 Å². The molecule has 0 aromatic carbocycles. The maximum atomic E-state index is 5.61. The van der Waals surface area contributed by atoms with Crippen LogP contribution in [0.15, 0.2) is 5.57 Å². The Morgan fingerprint density at radius 2 is 1.78 bits per heavy atom. The van der Waals surface area contributed by atoms with Crippen molar-refractivity contribution in [2.45, 2.75) is 32.6 Å². The summed E-state index contributed by atoms with van der Waals surface area (Å²) in [6.07, 6.45) is 4.96. The van der Waals surface area contributed by atoms with Gasteiger partial charge in [0.15, 0.2) is 0 Å². The van der Waals surface area contributed by atoms with Gasteiger partial charge in [0.1, 0.15) is 0 Å². The second-order valence-electron chi connectivity index (χ2n) is 2.84. The van der Waals surface area contributed by atoms with E-state index in [2.05, 4.69) is 6.92 Å². The van der Waals surface area contributed by atoms with E-state index in [-0.39, 0.29) is 17.1 Å². The minimum atomic E-state index is 0. The summed E-state index contributed by atoms with van der Waals surface area (Å²) in [5.74, 6) is 0.919. The SMILES string of the molecule is [CH]=C1CCC(C)CC1.[Cu]. The summed E-state index contributed by atoms with van der Waals surface area (Å²) in [4.78, 5) is 0. The molecule has 1 aliphatic rings. The van der Waals surface area contributed by atoms with Gasteiger partial charge in [-0.15, -0.1) is 0 Å². The van der Waals surface area contributed by atoms with Gasteiger partial charge in [-0.2, -0.15) is 0 Å². The Morgan fingerprint density at radius 3 is 2.11 bits per heavy atom. The summed E-state index contributed by atoms with van der Waals surface area (Å²) in [5.41, 5.74) is 1.21. The Kier molecular flexibility index (Phi) is 4.25. The van der Waals surface area contributed by atoms with Gasteiger partial charge in [-0.3, -0.25) is 0 Å². The predicted octanol–water partition coefficient (Wildman–Crippen LogP) is 2.55. The quantitative estimate of drug-likeness (QED) is 0.493. The molecule has 2 radical (unpaired) electrons. The summed E-state index contributed by atoms with van der Waals surface area (Å²) in [6, 6.07) is 0. The Labute approximate surface area is 68.2 Å². The van der Waals surface area contributed by atoms with Crippen molar-refractivity contribution in [2.24, 2.45) is 5.92 Å². The van der Waals surface area contributed by atoms with Crippen LogP contribution in [0.2, 0.25) is 0 Å². The molecule has 1 heteroatoms. The van der Waals surface area contributed by atoms with Crippen LogP contribution in [0.1, 0.15) is 32.6 Å². The summed E-state index contributed by atoms with van der Waals surface area (Å²) in [6.45, 7) is 7.91. The summed E-state index contributed by atoms with van der Waals surface area (Å²) < 4.78 is 0. The average Bonchev–Trinajstić information content (AvgIpc) is 1.77. The van der Waals surface area contributed by atoms with Crippen molar-refractivity contribution >= 4 is 0 Å². The molecule has 0 heterocycles. The molecule has 0 N–H and O–H groups in total. The van der Waals surface area contributed by atoms with Crippen LogP contribution in [-0.2, 0) is 17.1 Å². The Balaban J connectivity index is 0.000000640. The summed E-state index contributed by atoms with van der Waals surface area (Å²) >= 11 is 0. The van der Waals surface area contributed by atoms with E-state index in [1.54, 1.807) is 0 Å². The van der Waals surface area contributed by atoms with E-state index in [9.17, 15) is 0 Å². The van der Waals surface area contributed by atoms with Gasteiger partial charge in [0.25, 0.3) is 0 Å². The predicted molar refractivity (Wildman–Crippen MR) is 35.4 cm³/mol. The van der Waals surface area contributed by atoms with Gasteiger partial charge < -0.3 is 0 Å². The molecular formula is C8H13Cu. The van der Waals surface area contributed by atoms with E-state index in [4.69, 9.17) is 6.58 Å². The fraction of sp³-hybridized carbons (Fsp3) is 0.750. The van der Waals surface area contributed by atoms with Crippen molar-refractivity contribution in [1.82, 2.24) is 0 Å². The fourth-order valence-corrected chi connectivity index (χ4v) is 1.13. The van der Waals surface area contributed by atoms with Crippen LogP contribution >= 0.6 is 0 Å². The van der Waals surface area contributed by atoms with Crippen LogP contribution in [0.5, 0.6) is 0 Å². The molecule has 0 spiro atoms. The number of allylic oxidation sites excluding steroid dienone is 1. The standard InChI is InChI=1S/C8H13.Cu/c1-7-3-5-8(2)6-4-7;/h1,8H,3-6H2,2H3;. The molecule has 0 amide bonds. The molecular weight excluding hydrogens is 160 g/mol. The molecule has 0 nitrogen and oxygen atoms in total. The zero-order chi connectivity index (χ0) is 5.98. The van der Waals surface area contributed by atoms with E-state index in [0.29, 0.717) is 0 Å². The Morgan fingerprint density at radius 1 is 1.33 bits per heavy atom.